The second-order valence-electron chi connectivity index (χ2n) is 5.60. The molecule has 1 aromatic carbocycles. The van der Waals surface area contributed by atoms with Gasteiger partial charge in [0.15, 0.2) is 0 Å². The van der Waals surface area contributed by atoms with Crippen molar-refractivity contribution in [2.24, 2.45) is 11.8 Å². The molecule has 1 amide bonds. The maximum atomic E-state index is 12.3. The lowest BCUT2D eigenvalue weighted by atomic mass is 9.67. The highest BCUT2D eigenvalue weighted by atomic mass is 16.5. The quantitative estimate of drug-likeness (QED) is 0.906. The highest BCUT2D eigenvalue weighted by molar-refractivity contribution is 5.94. The minimum Gasteiger partial charge on any atom is -0.384 e. The number of fused-ring (bicyclic) bond motifs is 1. The first kappa shape index (κ1) is 14.1. The molecule has 1 aromatic rings. The zero-order valence-electron chi connectivity index (χ0n) is 11.9. The molecule has 1 aliphatic heterocycles. The van der Waals surface area contributed by atoms with Crippen LogP contribution in [0.3, 0.4) is 0 Å². The van der Waals surface area contributed by atoms with E-state index in [1.807, 2.05) is 6.07 Å². The molecule has 1 saturated carbocycles. The molecule has 1 saturated heterocycles. The number of carbonyl (C=O) groups is 1. The summed E-state index contributed by atoms with van der Waals surface area (Å²) in [4.78, 5) is 12.3. The van der Waals surface area contributed by atoms with Gasteiger partial charge in [0, 0.05) is 37.2 Å². The number of hydrogen-bond donors (Lipinski definition) is 1. The summed E-state index contributed by atoms with van der Waals surface area (Å²) in [6.45, 7) is 1.36. The van der Waals surface area contributed by atoms with Crippen LogP contribution >= 0.6 is 0 Å². The van der Waals surface area contributed by atoms with Crippen molar-refractivity contribution in [1.29, 1.82) is 5.26 Å². The van der Waals surface area contributed by atoms with E-state index in [9.17, 15) is 4.79 Å². The third kappa shape index (κ3) is 2.53. The SMILES string of the molecule is COC[C@H]1[C@@H](NC(=O)c2ccc(C#N)cc2)[C@H]2CCO[C@H]21. The Bertz CT molecular complexity index is 564. The van der Waals surface area contributed by atoms with E-state index in [-0.39, 0.29) is 24.0 Å². The van der Waals surface area contributed by atoms with Gasteiger partial charge in [-0.05, 0) is 30.7 Å². The molecule has 2 fully saturated rings. The van der Waals surface area contributed by atoms with Crippen molar-refractivity contribution >= 4 is 5.91 Å². The van der Waals surface area contributed by atoms with Gasteiger partial charge in [-0.3, -0.25) is 4.79 Å². The first-order valence-corrected chi connectivity index (χ1v) is 7.16. The Morgan fingerprint density at radius 1 is 1.48 bits per heavy atom. The summed E-state index contributed by atoms with van der Waals surface area (Å²) in [5.41, 5.74) is 1.13. The molecule has 3 rings (SSSR count). The summed E-state index contributed by atoms with van der Waals surface area (Å²) < 4.78 is 10.9. The van der Waals surface area contributed by atoms with Crippen LogP contribution in [0.4, 0.5) is 0 Å². The van der Waals surface area contributed by atoms with Gasteiger partial charge < -0.3 is 14.8 Å². The minimum absolute atomic E-state index is 0.101. The maximum absolute atomic E-state index is 12.3. The van der Waals surface area contributed by atoms with Crippen LogP contribution in [0.15, 0.2) is 24.3 Å². The topological polar surface area (TPSA) is 71.3 Å². The standard InChI is InChI=1S/C16H18N2O3/c1-20-9-13-14(12-6-7-21-15(12)13)18-16(19)11-4-2-10(8-17)3-5-11/h2-5,12-15H,6-7,9H2,1H3,(H,18,19)/t12-,13+,14+,15-/m1/s1. The van der Waals surface area contributed by atoms with E-state index in [1.54, 1.807) is 31.4 Å². The molecule has 0 spiro atoms. The Morgan fingerprint density at radius 3 is 2.90 bits per heavy atom. The molecule has 1 heterocycles. The molecular formula is C16H18N2O3. The van der Waals surface area contributed by atoms with Crippen molar-refractivity contribution in [3.63, 3.8) is 0 Å². The van der Waals surface area contributed by atoms with Crippen LogP contribution in [0.25, 0.3) is 0 Å². The summed E-state index contributed by atoms with van der Waals surface area (Å²) in [5, 5.41) is 11.9. The van der Waals surface area contributed by atoms with Crippen LogP contribution in [0.5, 0.6) is 0 Å². The third-order valence-corrected chi connectivity index (χ3v) is 4.46. The van der Waals surface area contributed by atoms with Gasteiger partial charge >= 0.3 is 0 Å². The predicted molar refractivity (Wildman–Crippen MR) is 75.6 cm³/mol. The van der Waals surface area contributed by atoms with Crippen LogP contribution in [-0.4, -0.2) is 38.4 Å². The van der Waals surface area contributed by atoms with Gasteiger partial charge in [0.2, 0.25) is 0 Å². The molecule has 4 atom stereocenters. The van der Waals surface area contributed by atoms with E-state index < -0.39 is 0 Å². The van der Waals surface area contributed by atoms with Gasteiger partial charge in [-0.25, -0.2) is 0 Å². The molecule has 110 valence electrons. The molecule has 5 heteroatoms. The third-order valence-electron chi connectivity index (χ3n) is 4.46. The fourth-order valence-electron chi connectivity index (χ4n) is 3.37. The molecule has 0 bridgehead atoms. The second-order valence-corrected chi connectivity index (χ2v) is 5.60. The van der Waals surface area contributed by atoms with E-state index in [0.29, 0.717) is 23.7 Å². The van der Waals surface area contributed by atoms with Gasteiger partial charge in [-0.2, -0.15) is 5.26 Å². The molecule has 1 aliphatic carbocycles. The van der Waals surface area contributed by atoms with Crippen LogP contribution in [0, 0.1) is 23.2 Å². The maximum Gasteiger partial charge on any atom is 0.251 e. The molecule has 1 N–H and O–H groups in total. The van der Waals surface area contributed by atoms with Crippen molar-refractivity contribution in [3.05, 3.63) is 35.4 Å². The summed E-state index contributed by atoms with van der Waals surface area (Å²) >= 11 is 0. The highest BCUT2D eigenvalue weighted by Crippen LogP contribution is 2.43. The Morgan fingerprint density at radius 2 is 2.24 bits per heavy atom. The molecule has 0 aromatic heterocycles. The first-order valence-electron chi connectivity index (χ1n) is 7.16. The average molecular weight is 286 g/mol. The van der Waals surface area contributed by atoms with Crippen LogP contribution in [0.1, 0.15) is 22.3 Å². The molecular weight excluding hydrogens is 268 g/mol. The average Bonchev–Trinajstić information content (AvgIpc) is 2.94. The van der Waals surface area contributed by atoms with Crippen LogP contribution in [0.2, 0.25) is 0 Å². The molecule has 21 heavy (non-hydrogen) atoms. The second kappa shape index (κ2) is 5.84. The summed E-state index contributed by atoms with van der Waals surface area (Å²) in [6.07, 6.45) is 1.21. The lowest BCUT2D eigenvalue weighted by molar-refractivity contribution is -0.0809. The Hall–Kier alpha value is -1.90. The van der Waals surface area contributed by atoms with Crippen molar-refractivity contribution < 1.29 is 14.3 Å². The number of nitriles is 1. The number of ether oxygens (including phenoxy) is 2. The fraction of sp³-hybridized carbons (Fsp3) is 0.500. The summed E-state index contributed by atoms with van der Waals surface area (Å²) in [6, 6.07) is 8.83. The van der Waals surface area contributed by atoms with Gasteiger partial charge in [0.05, 0.1) is 24.3 Å². The zero-order valence-corrected chi connectivity index (χ0v) is 11.9. The number of methoxy groups -OCH3 is 1. The highest BCUT2D eigenvalue weighted by Gasteiger charge is 2.54. The monoisotopic (exact) mass is 286 g/mol. The number of nitrogens with zero attached hydrogens (tertiary/aromatic N) is 1. The zero-order chi connectivity index (χ0) is 14.8. The Kier molecular flexibility index (Phi) is 3.91. The lowest BCUT2D eigenvalue weighted by Crippen LogP contribution is -2.62. The molecule has 0 radical (unpaired) electrons. The summed E-state index contributed by atoms with van der Waals surface area (Å²) in [7, 11) is 1.67. The minimum atomic E-state index is -0.101. The number of hydrogen-bond acceptors (Lipinski definition) is 4. The lowest BCUT2D eigenvalue weighted by Gasteiger charge is -2.47. The van der Waals surface area contributed by atoms with E-state index in [0.717, 1.165) is 13.0 Å². The Labute approximate surface area is 123 Å². The molecule has 5 nitrogen and oxygen atoms in total. The van der Waals surface area contributed by atoms with Gasteiger partial charge in [0.1, 0.15) is 0 Å². The molecule has 2 aliphatic rings. The van der Waals surface area contributed by atoms with Gasteiger partial charge in [-0.15, -0.1) is 0 Å². The molecule has 0 unspecified atom stereocenters. The van der Waals surface area contributed by atoms with E-state index in [2.05, 4.69) is 5.32 Å². The number of amides is 1. The predicted octanol–water partition coefficient (Wildman–Crippen LogP) is 1.34. The summed E-state index contributed by atoms with van der Waals surface area (Å²) in [5.74, 6) is 0.522. The smallest absolute Gasteiger partial charge is 0.251 e. The number of carbonyl (C=O) groups excluding carboxylic acids is 1. The largest absolute Gasteiger partial charge is 0.384 e. The Balaban J connectivity index is 1.67. The van der Waals surface area contributed by atoms with Crippen molar-refractivity contribution in [3.8, 4) is 6.07 Å². The number of benzene rings is 1. The van der Waals surface area contributed by atoms with Gasteiger partial charge in [0.25, 0.3) is 5.91 Å². The van der Waals surface area contributed by atoms with Crippen molar-refractivity contribution in [2.75, 3.05) is 20.3 Å². The van der Waals surface area contributed by atoms with E-state index >= 15 is 0 Å². The van der Waals surface area contributed by atoms with Crippen molar-refractivity contribution in [1.82, 2.24) is 5.32 Å². The van der Waals surface area contributed by atoms with E-state index in [1.165, 1.54) is 0 Å². The number of rotatable bonds is 4. The number of nitrogens with one attached hydrogen (secondary N) is 1. The first-order chi connectivity index (χ1) is 10.2. The van der Waals surface area contributed by atoms with Crippen LogP contribution < -0.4 is 5.32 Å². The van der Waals surface area contributed by atoms with E-state index in [4.69, 9.17) is 14.7 Å². The van der Waals surface area contributed by atoms with Crippen LogP contribution in [-0.2, 0) is 9.47 Å². The van der Waals surface area contributed by atoms with Crippen molar-refractivity contribution in [2.45, 2.75) is 18.6 Å². The fourth-order valence-corrected chi connectivity index (χ4v) is 3.37. The van der Waals surface area contributed by atoms with Gasteiger partial charge in [-0.1, -0.05) is 0 Å². The normalized spacial score (nSPS) is 30.1.